The topological polar surface area (TPSA) is 80.0 Å². The van der Waals surface area contributed by atoms with Crippen molar-refractivity contribution in [3.63, 3.8) is 0 Å². The molecular formula is C21H25FN4O2S. The number of hydrogen-bond acceptors (Lipinski definition) is 5. The normalized spacial score (nSPS) is 18.6. The fraction of sp³-hybridized carbons (Fsp3) is 0.333. The molecule has 0 bridgehead atoms. The Morgan fingerprint density at radius 2 is 2.07 bits per heavy atom. The number of amides is 2. The van der Waals surface area contributed by atoms with Crippen molar-refractivity contribution >= 4 is 22.8 Å². The van der Waals surface area contributed by atoms with E-state index in [1.54, 1.807) is 19.2 Å². The molecule has 29 heavy (non-hydrogen) atoms. The molecule has 3 rings (SSSR count). The monoisotopic (exact) mass is 416 g/mol. The lowest BCUT2D eigenvalue weighted by Gasteiger charge is -2.35. The van der Waals surface area contributed by atoms with Crippen LogP contribution in [0.15, 0.2) is 59.7 Å². The van der Waals surface area contributed by atoms with Crippen LogP contribution in [0.1, 0.15) is 24.0 Å². The third-order valence-corrected chi connectivity index (χ3v) is 6.05. The van der Waals surface area contributed by atoms with Gasteiger partial charge in [-0.3, -0.25) is 0 Å². The molecule has 1 aliphatic rings. The van der Waals surface area contributed by atoms with Crippen LogP contribution >= 0.6 is 11.8 Å². The molecule has 1 atom stereocenters. The van der Waals surface area contributed by atoms with Crippen LogP contribution in [-0.2, 0) is 9.61 Å². The molecule has 0 aliphatic carbocycles. The largest absolute Gasteiger partial charge is 0.383 e. The summed E-state index contributed by atoms with van der Waals surface area (Å²) in [4.78, 5) is 12.3. The number of nitrogens with two attached hydrogens (primary N) is 1. The molecule has 0 fully saturated rings. The maximum absolute atomic E-state index is 13.8. The van der Waals surface area contributed by atoms with E-state index >= 15 is 0 Å². The molecule has 0 spiro atoms. The van der Waals surface area contributed by atoms with Crippen LogP contribution in [-0.4, -0.2) is 42.9 Å². The van der Waals surface area contributed by atoms with Crippen LogP contribution < -0.4 is 11.1 Å². The zero-order chi connectivity index (χ0) is 20.7. The van der Waals surface area contributed by atoms with E-state index in [1.165, 1.54) is 28.9 Å². The zero-order valence-electron chi connectivity index (χ0n) is 16.3. The number of hydrazone groups is 1. The Balaban J connectivity index is 2.02. The summed E-state index contributed by atoms with van der Waals surface area (Å²) in [6.45, 7) is 1.25. The van der Waals surface area contributed by atoms with Crippen molar-refractivity contribution in [1.82, 2.24) is 10.3 Å². The highest BCUT2D eigenvalue weighted by atomic mass is 32.2. The van der Waals surface area contributed by atoms with Crippen molar-refractivity contribution in [3.8, 4) is 0 Å². The van der Waals surface area contributed by atoms with Gasteiger partial charge in [0.1, 0.15) is 15.7 Å². The number of nitrogens with one attached hydrogen (secondary N) is 1. The van der Waals surface area contributed by atoms with Crippen molar-refractivity contribution in [1.29, 1.82) is 0 Å². The summed E-state index contributed by atoms with van der Waals surface area (Å²) in [5.41, 5.74) is 7.37. The molecular weight excluding hydrogens is 391 g/mol. The Morgan fingerprint density at radius 3 is 2.76 bits per heavy atom. The number of rotatable bonds is 8. The van der Waals surface area contributed by atoms with Gasteiger partial charge in [0.2, 0.25) is 0 Å². The number of ether oxygens (including phenoxy) is 1. The van der Waals surface area contributed by atoms with Crippen LogP contribution in [0.2, 0.25) is 0 Å². The molecule has 2 aromatic carbocycles. The summed E-state index contributed by atoms with van der Waals surface area (Å²) in [5.74, 6) is -0.346. The quantitative estimate of drug-likeness (QED) is 0.646. The molecule has 0 saturated heterocycles. The minimum atomic E-state index is -0.764. The van der Waals surface area contributed by atoms with E-state index in [0.717, 1.165) is 5.56 Å². The average Bonchev–Trinajstić information content (AvgIpc) is 3.14. The lowest BCUT2D eigenvalue weighted by Crippen LogP contribution is -2.47. The second kappa shape index (κ2) is 9.87. The van der Waals surface area contributed by atoms with Gasteiger partial charge >= 0.3 is 6.03 Å². The molecule has 0 saturated carbocycles. The standard InChI is InChI=1S/C21H25FN4O2S/c1-28-14-13-24-20(27)26-21(11-6-12-23,17-8-3-2-4-9-17)29-19(25-26)16-7-5-10-18(22)15-16/h2-5,7-10,15H,6,11-14,23H2,1H3,(H,24,27). The molecule has 0 radical (unpaired) electrons. The summed E-state index contributed by atoms with van der Waals surface area (Å²) >= 11 is 1.45. The number of nitrogens with zero attached hydrogens (tertiary/aromatic N) is 2. The number of urea groups is 1. The van der Waals surface area contributed by atoms with Crippen LogP contribution in [0.25, 0.3) is 0 Å². The van der Waals surface area contributed by atoms with Gasteiger partial charge in [-0.1, -0.05) is 54.2 Å². The summed E-state index contributed by atoms with van der Waals surface area (Å²) in [6.07, 6.45) is 1.31. The smallest absolute Gasteiger partial charge is 0.339 e. The van der Waals surface area contributed by atoms with Gasteiger partial charge in [0.15, 0.2) is 0 Å². The fourth-order valence-electron chi connectivity index (χ4n) is 3.20. The molecule has 3 N–H and O–H groups in total. The lowest BCUT2D eigenvalue weighted by molar-refractivity contribution is 0.154. The van der Waals surface area contributed by atoms with E-state index in [-0.39, 0.29) is 11.8 Å². The highest BCUT2D eigenvalue weighted by molar-refractivity contribution is 8.15. The minimum absolute atomic E-state index is 0.332. The van der Waals surface area contributed by atoms with Gasteiger partial charge in [-0.05, 0) is 37.1 Å². The van der Waals surface area contributed by atoms with Crippen LogP contribution in [0.3, 0.4) is 0 Å². The van der Waals surface area contributed by atoms with Gasteiger partial charge < -0.3 is 15.8 Å². The van der Waals surface area contributed by atoms with Gasteiger partial charge in [-0.15, -0.1) is 0 Å². The van der Waals surface area contributed by atoms with Crippen molar-refractivity contribution in [2.45, 2.75) is 17.7 Å². The molecule has 1 heterocycles. The predicted molar refractivity (Wildman–Crippen MR) is 114 cm³/mol. The first kappa shape index (κ1) is 21.3. The average molecular weight is 417 g/mol. The van der Waals surface area contributed by atoms with Gasteiger partial charge in [0.25, 0.3) is 0 Å². The number of benzene rings is 2. The summed E-state index contributed by atoms with van der Waals surface area (Å²) in [5, 5.41) is 9.52. The maximum Gasteiger partial charge on any atom is 0.339 e. The number of carbonyl (C=O) groups is 1. The number of hydrogen-bond donors (Lipinski definition) is 2. The predicted octanol–water partition coefficient (Wildman–Crippen LogP) is 3.48. The molecule has 1 unspecified atom stereocenters. The van der Waals surface area contributed by atoms with E-state index in [1.807, 2.05) is 30.3 Å². The fourth-order valence-corrected chi connectivity index (χ4v) is 4.60. The molecule has 2 amide bonds. The van der Waals surface area contributed by atoms with Crippen molar-refractivity contribution in [2.24, 2.45) is 10.8 Å². The Hall–Kier alpha value is -2.42. The van der Waals surface area contributed by atoms with Crippen molar-refractivity contribution in [2.75, 3.05) is 26.8 Å². The second-order valence-corrected chi connectivity index (χ2v) is 7.86. The Morgan fingerprint density at radius 1 is 1.28 bits per heavy atom. The van der Waals surface area contributed by atoms with Crippen molar-refractivity contribution in [3.05, 3.63) is 71.5 Å². The number of thioether (sulfide) groups is 1. The first-order chi connectivity index (χ1) is 14.1. The third kappa shape index (κ3) is 4.77. The van der Waals surface area contributed by atoms with Crippen molar-refractivity contribution < 1.29 is 13.9 Å². The summed E-state index contributed by atoms with van der Waals surface area (Å²) in [6, 6.07) is 15.7. The third-order valence-electron chi connectivity index (χ3n) is 4.59. The highest BCUT2D eigenvalue weighted by Crippen LogP contribution is 2.50. The number of halogens is 1. The van der Waals surface area contributed by atoms with Gasteiger partial charge in [0.05, 0.1) is 6.61 Å². The number of methoxy groups -OCH3 is 1. The first-order valence-electron chi connectivity index (χ1n) is 9.47. The Kier molecular flexibility index (Phi) is 7.24. The summed E-state index contributed by atoms with van der Waals surface area (Å²) < 4.78 is 18.8. The van der Waals surface area contributed by atoms with Crippen LogP contribution in [0.4, 0.5) is 9.18 Å². The highest BCUT2D eigenvalue weighted by Gasteiger charge is 2.48. The van der Waals surface area contributed by atoms with E-state index in [2.05, 4.69) is 10.4 Å². The van der Waals surface area contributed by atoms with Gasteiger partial charge in [-0.25, -0.2) is 9.18 Å². The molecule has 0 aromatic heterocycles. The Bertz CT molecular complexity index is 865. The van der Waals surface area contributed by atoms with Crippen LogP contribution in [0.5, 0.6) is 0 Å². The van der Waals surface area contributed by atoms with E-state index < -0.39 is 4.87 Å². The van der Waals surface area contributed by atoms with E-state index in [9.17, 15) is 9.18 Å². The molecule has 2 aromatic rings. The lowest BCUT2D eigenvalue weighted by atomic mass is 10.0. The van der Waals surface area contributed by atoms with Crippen LogP contribution in [0, 0.1) is 5.82 Å². The zero-order valence-corrected chi connectivity index (χ0v) is 17.1. The molecule has 6 nitrogen and oxygen atoms in total. The molecule has 8 heteroatoms. The molecule has 1 aliphatic heterocycles. The number of carbonyl (C=O) groups excluding carboxylic acids is 1. The first-order valence-corrected chi connectivity index (χ1v) is 10.3. The van der Waals surface area contributed by atoms with Gasteiger partial charge in [0, 0.05) is 19.2 Å². The van der Waals surface area contributed by atoms with E-state index in [4.69, 9.17) is 10.5 Å². The van der Waals surface area contributed by atoms with E-state index in [0.29, 0.717) is 43.1 Å². The molecule has 154 valence electrons. The second-order valence-electron chi connectivity index (χ2n) is 6.60. The maximum atomic E-state index is 13.8. The van der Waals surface area contributed by atoms with Gasteiger partial charge in [-0.2, -0.15) is 10.1 Å². The SMILES string of the molecule is COCCNC(=O)N1N=C(c2cccc(F)c2)SC1(CCCN)c1ccccc1. The Labute approximate surface area is 174 Å². The summed E-state index contributed by atoms with van der Waals surface area (Å²) in [7, 11) is 1.58. The minimum Gasteiger partial charge on any atom is -0.383 e.